The third-order valence-corrected chi connectivity index (χ3v) is 8.53. The van der Waals surface area contributed by atoms with E-state index in [1.807, 2.05) is 42.7 Å². The second-order valence-electron chi connectivity index (χ2n) is 9.29. The number of fused-ring (bicyclic) bond motifs is 3. The average molecular weight is 497 g/mol. The van der Waals surface area contributed by atoms with Crippen LogP contribution in [0.4, 0.5) is 4.79 Å². The number of hydrogen-bond acceptors (Lipinski definition) is 5. The molecular weight excluding hydrogens is 464 g/mol. The molecule has 2 aromatic rings. The Morgan fingerprint density at radius 2 is 1.63 bits per heavy atom. The molecule has 2 aliphatic carbocycles. The second kappa shape index (κ2) is 11.2. The van der Waals surface area contributed by atoms with Crippen molar-refractivity contribution in [2.45, 2.75) is 55.2 Å². The number of carboxylic acid groups (broad SMARTS) is 1. The molecule has 0 aromatic heterocycles. The van der Waals surface area contributed by atoms with E-state index in [-0.39, 0.29) is 17.3 Å². The maximum atomic E-state index is 12.8. The number of thioether (sulfide) groups is 1. The Kier molecular flexibility index (Phi) is 8.00. The van der Waals surface area contributed by atoms with Crippen LogP contribution in [0.15, 0.2) is 48.5 Å². The molecule has 8 heteroatoms. The number of nitrogens with one attached hydrogen (secondary N) is 2. The largest absolute Gasteiger partial charge is 0.481 e. The van der Waals surface area contributed by atoms with Crippen LogP contribution < -0.4 is 10.6 Å². The van der Waals surface area contributed by atoms with E-state index in [4.69, 9.17) is 4.74 Å². The summed E-state index contributed by atoms with van der Waals surface area (Å²) in [6, 6.07) is 14.8. The molecule has 3 N–H and O–H groups in total. The number of benzene rings is 2. The number of rotatable bonds is 9. The Morgan fingerprint density at radius 3 is 2.20 bits per heavy atom. The molecule has 7 nitrogen and oxygen atoms in total. The second-order valence-corrected chi connectivity index (χ2v) is 10.6. The van der Waals surface area contributed by atoms with Crippen molar-refractivity contribution in [2.24, 2.45) is 0 Å². The van der Waals surface area contributed by atoms with Crippen molar-refractivity contribution in [1.82, 2.24) is 10.6 Å². The molecule has 0 heterocycles. The minimum absolute atomic E-state index is 0.0363. The highest BCUT2D eigenvalue weighted by molar-refractivity contribution is 8.00. The van der Waals surface area contributed by atoms with Crippen LogP contribution >= 0.6 is 11.8 Å². The lowest BCUT2D eigenvalue weighted by molar-refractivity contribution is -0.139. The maximum Gasteiger partial charge on any atom is 0.407 e. The number of carbonyl (C=O) groups is 3. The third kappa shape index (κ3) is 5.81. The summed E-state index contributed by atoms with van der Waals surface area (Å²) in [5.74, 6) is -1.78. The normalized spacial score (nSPS) is 17.1. The number of carbonyl (C=O) groups excluding carboxylic acids is 2. The van der Waals surface area contributed by atoms with Gasteiger partial charge in [0.2, 0.25) is 5.91 Å². The Balaban J connectivity index is 1.37. The molecule has 0 radical (unpaired) electrons. The average Bonchev–Trinajstić information content (AvgIpc) is 3.19. The van der Waals surface area contributed by atoms with Crippen molar-refractivity contribution in [3.05, 3.63) is 59.7 Å². The summed E-state index contributed by atoms with van der Waals surface area (Å²) in [7, 11) is 0. The van der Waals surface area contributed by atoms with Gasteiger partial charge in [-0.15, -0.1) is 0 Å². The van der Waals surface area contributed by atoms with Gasteiger partial charge < -0.3 is 20.5 Å². The van der Waals surface area contributed by atoms with E-state index in [0.717, 1.165) is 47.9 Å². The smallest absolute Gasteiger partial charge is 0.407 e. The lowest BCUT2D eigenvalue weighted by atomic mass is 9.88. The van der Waals surface area contributed by atoms with Crippen molar-refractivity contribution < 1.29 is 24.2 Å². The van der Waals surface area contributed by atoms with E-state index in [1.165, 1.54) is 6.42 Å². The van der Waals surface area contributed by atoms with Gasteiger partial charge in [0, 0.05) is 17.2 Å². The first-order valence-electron chi connectivity index (χ1n) is 12.1. The van der Waals surface area contributed by atoms with E-state index in [2.05, 4.69) is 22.8 Å². The van der Waals surface area contributed by atoms with Gasteiger partial charge >= 0.3 is 12.1 Å². The van der Waals surface area contributed by atoms with Crippen LogP contribution in [0, 0.1) is 0 Å². The highest BCUT2D eigenvalue weighted by atomic mass is 32.2. The maximum absolute atomic E-state index is 12.8. The van der Waals surface area contributed by atoms with E-state index in [9.17, 15) is 19.5 Å². The van der Waals surface area contributed by atoms with Crippen molar-refractivity contribution in [2.75, 3.05) is 19.4 Å². The summed E-state index contributed by atoms with van der Waals surface area (Å²) >= 11 is 1.74. The van der Waals surface area contributed by atoms with Crippen LogP contribution in [-0.4, -0.2) is 53.3 Å². The zero-order valence-corrected chi connectivity index (χ0v) is 20.7. The molecule has 0 saturated heterocycles. The van der Waals surface area contributed by atoms with Gasteiger partial charge in [0.25, 0.3) is 0 Å². The number of ether oxygens (including phenoxy) is 1. The van der Waals surface area contributed by atoms with E-state index < -0.39 is 30.4 Å². The summed E-state index contributed by atoms with van der Waals surface area (Å²) < 4.78 is 5.47. The predicted octanol–water partition coefficient (Wildman–Crippen LogP) is 4.55. The first-order valence-corrected chi connectivity index (χ1v) is 13.3. The fraction of sp³-hybridized carbons (Fsp3) is 0.444. The number of aliphatic carboxylic acids is 1. The number of hydrogen-bond donors (Lipinski definition) is 3. The molecular formula is C27H32N2O5S. The Labute approximate surface area is 210 Å². The molecule has 1 atom stereocenters. The van der Waals surface area contributed by atoms with Gasteiger partial charge in [-0.2, -0.15) is 11.8 Å². The quantitative estimate of drug-likeness (QED) is 0.470. The summed E-state index contributed by atoms with van der Waals surface area (Å²) in [4.78, 5) is 36.9. The van der Waals surface area contributed by atoms with Gasteiger partial charge in [0.15, 0.2) is 0 Å². The predicted molar refractivity (Wildman–Crippen MR) is 137 cm³/mol. The number of carboxylic acids is 1. The zero-order valence-electron chi connectivity index (χ0n) is 19.9. The standard InChI is InChI=1S/C27H32N2O5S/c1-35-27(13-7-2-8-14-27)17-28-25(32)23(15-24(30)31)29-26(33)34-16-22-20-11-5-3-9-18(20)19-10-4-6-12-21(19)22/h3-6,9-12,22-23H,2,7-8,13-17H2,1H3,(H,28,32)(H,29,33)(H,30,31). The van der Waals surface area contributed by atoms with Gasteiger partial charge in [0.1, 0.15) is 12.6 Å². The summed E-state index contributed by atoms with van der Waals surface area (Å²) in [5, 5.41) is 14.7. The molecule has 186 valence electrons. The van der Waals surface area contributed by atoms with Crippen LogP contribution in [0.25, 0.3) is 11.1 Å². The molecule has 0 bridgehead atoms. The SMILES string of the molecule is CSC1(CNC(=O)C(CC(=O)O)NC(=O)OCC2c3ccccc3-c3ccccc32)CCCCC1. The Morgan fingerprint density at radius 1 is 1.03 bits per heavy atom. The van der Waals surface area contributed by atoms with Crippen LogP contribution in [0.5, 0.6) is 0 Å². The van der Waals surface area contributed by atoms with Crippen LogP contribution in [0.2, 0.25) is 0 Å². The first kappa shape index (κ1) is 25.1. The molecule has 4 rings (SSSR count). The van der Waals surface area contributed by atoms with E-state index in [1.54, 1.807) is 11.8 Å². The monoisotopic (exact) mass is 496 g/mol. The highest BCUT2D eigenvalue weighted by Crippen LogP contribution is 2.44. The third-order valence-electron chi connectivity index (χ3n) is 7.11. The lowest BCUT2D eigenvalue weighted by Gasteiger charge is -2.36. The molecule has 1 unspecified atom stereocenters. The van der Waals surface area contributed by atoms with Crippen molar-refractivity contribution >= 4 is 29.7 Å². The minimum atomic E-state index is -1.20. The topological polar surface area (TPSA) is 105 Å². The highest BCUT2D eigenvalue weighted by Gasteiger charge is 2.34. The molecule has 0 aliphatic heterocycles. The fourth-order valence-corrected chi connectivity index (χ4v) is 6.10. The van der Waals surface area contributed by atoms with Crippen molar-refractivity contribution in [1.29, 1.82) is 0 Å². The Bertz CT molecular complexity index is 1040. The van der Waals surface area contributed by atoms with Crippen molar-refractivity contribution in [3.8, 4) is 11.1 Å². The summed E-state index contributed by atoms with van der Waals surface area (Å²) in [5.41, 5.74) is 4.39. The van der Waals surface area contributed by atoms with Crippen molar-refractivity contribution in [3.63, 3.8) is 0 Å². The van der Waals surface area contributed by atoms with Crippen LogP contribution in [0.3, 0.4) is 0 Å². The van der Waals surface area contributed by atoms with Gasteiger partial charge in [0.05, 0.1) is 6.42 Å². The first-order chi connectivity index (χ1) is 16.9. The Hall–Kier alpha value is -3.00. The minimum Gasteiger partial charge on any atom is -0.481 e. The lowest BCUT2D eigenvalue weighted by Crippen LogP contribution is -2.51. The van der Waals surface area contributed by atoms with Gasteiger partial charge in [-0.25, -0.2) is 4.79 Å². The molecule has 1 fully saturated rings. The summed E-state index contributed by atoms with van der Waals surface area (Å²) in [6.07, 6.45) is 6.19. The molecule has 35 heavy (non-hydrogen) atoms. The van der Waals surface area contributed by atoms with Crippen LogP contribution in [-0.2, 0) is 14.3 Å². The van der Waals surface area contributed by atoms with E-state index in [0.29, 0.717) is 6.54 Å². The van der Waals surface area contributed by atoms with Gasteiger partial charge in [-0.1, -0.05) is 67.8 Å². The van der Waals surface area contributed by atoms with Crippen LogP contribution in [0.1, 0.15) is 55.6 Å². The summed E-state index contributed by atoms with van der Waals surface area (Å²) in [6.45, 7) is 0.548. The number of alkyl carbamates (subject to hydrolysis) is 1. The molecule has 2 aromatic carbocycles. The number of amides is 2. The van der Waals surface area contributed by atoms with Gasteiger partial charge in [-0.3, -0.25) is 9.59 Å². The zero-order chi connectivity index (χ0) is 24.8. The fourth-order valence-electron chi connectivity index (χ4n) is 5.19. The van der Waals surface area contributed by atoms with E-state index >= 15 is 0 Å². The van der Waals surface area contributed by atoms with Gasteiger partial charge in [-0.05, 0) is 41.4 Å². The molecule has 1 saturated carbocycles. The molecule has 2 aliphatic rings. The molecule has 2 amide bonds. The molecule has 0 spiro atoms.